The fraction of sp³-hybridized carbons (Fsp3) is 0.286. The highest BCUT2D eigenvalue weighted by Crippen LogP contribution is 2.67. The van der Waals surface area contributed by atoms with Crippen molar-refractivity contribution in [3.63, 3.8) is 0 Å². The molecule has 0 spiro atoms. The third-order valence-electron chi connectivity index (χ3n) is 10.3. The zero-order valence-electron chi connectivity index (χ0n) is 26.3. The lowest BCUT2D eigenvalue weighted by Gasteiger charge is -2.50. The zero-order valence-corrected chi connectivity index (χ0v) is 27.8. The number of ketones is 1. The van der Waals surface area contributed by atoms with Crippen LogP contribution in [0.1, 0.15) is 41.6 Å². The minimum absolute atomic E-state index is 0.0950. The summed E-state index contributed by atoms with van der Waals surface area (Å²) in [4.78, 5) is 63.5. The van der Waals surface area contributed by atoms with Crippen LogP contribution in [0.5, 0.6) is 11.5 Å². The highest BCUT2D eigenvalue weighted by Gasteiger charge is 2.77. The van der Waals surface area contributed by atoms with Gasteiger partial charge in [-0.3, -0.25) is 28.9 Å². The van der Waals surface area contributed by atoms with Crippen LogP contribution in [0.2, 0.25) is 0 Å². The first kappa shape index (κ1) is 34.6. The molecule has 3 aromatic rings. The Morgan fingerprint density at radius 2 is 1.45 bits per heavy atom. The summed E-state index contributed by atoms with van der Waals surface area (Å²) < 4.78 is 78.4. The zero-order chi connectivity index (χ0) is 37.1. The van der Waals surface area contributed by atoms with Crippen LogP contribution in [0.25, 0.3) is 0 Å². The lowest BCUT2D eigenvalue weighted by atomic mass is 9.56. The van der Waals surface area contributed by atoms with E-state index in [2.05, 4.69) is 0 Å². The van der Waals surface area contributed by atoms with Gasteiger partial charge in [0.15, 0.2) is 38.8 Å². The molecule has 2 saturated heterocycles. The normalized spacial score (nSPS) is 28.5. The molecule has 0 bridgehead atoms. The number of hydrogen-bond donors (Lipinski definition) is 1. The Labute approximate surface area is 295 Å². The van der Waals surface area contributed by atoms with Crippen LogP contribution >= 0.6 is 23.2 Å². The van der Waals surface area contributed by atoms with Crippen LogP contribution < -0.4 is 14.5 Å². The molecular formula is C35H23Cl2F5N2O7. The second-order valence-corrected chi connectivity index (χ2v) is 14.0. The SMILES string of the molecule is COc1ccc(C2C3=CCC4C(=O)N(c5ccc(C(C)=O)cc5)C(=O)C4C3CC3(Cl)C(=O)N(c4c(F)c(F)c(F)c(F)c4F)C(=O)C23Cl)c(O)c1. The summed E-state index contributed by atoms with van der Waals surface area (Å²) in [5.74, 6) is -22.9. The van der Waals surface area contributed by atoms with Gasteiger partial charge in [-0.25, -0.2) is 26.9 Å². The first-order valence-corrected chi connectivity index (χ1v) is 16.1. The Balaban J connectivity index is 1.42. The van der Waals surface area contributed by atoms with Crippen LogP contribution in [0.15, 0.2) is 54.1 Å². The van der Waals surface area contributed by atoms with Gasteiger partial charge in [-0.2, -0.15) is 0 Å². The highest BCUT2D eigenvalue weighted by molar-refractivity contribution is 6.58. The van der Waals surface area contributed by atoms with Crippen molar-refractivity contribution in [1.29, 1.82) is 0 Å². The van der Waals surface area contributed by atoms with E-state index in [9.17, 15) is 42.3 Å². The number of amides is 4. The first-order valence-electron chi connectivity index (χ1n) is 15.3. The third kappa shape index (κ3) is 4.48. The Hall–Kier alpha value is -4.82. The van der Waals surface area contributed by atoms with Gasteiger partial charge in [0.25, 0.3) is 11.8 Å². The van der Waals surface area contributed by atoms with Gasteiger partial charge < -0.3 is 9.84 Å². The number of anilines is 2. The monoisotopic (exact) mass is 748 g/mol. The number of benzene rings is 3. The van der Waals surface area contributed by atoms with E-state index in [1.54, 1.807) is 0 Å². The van der Waals surface area contributed by atoms with Crippen LogP contribution in [0.4, 0.5) is 33.3 Å². The van der Waals surface area contributed by atoms with Crippen molar-refractivity contribution in [3.8, 4) is 11.5 Å². The van der Waals surface area contributed by atoms with Crippen LogP contribution in [-0.4, -0.2) is 51.4 Å². The summed E-state index contributed by atoms with van der Waals surface area (Å²) in [5.41, 5.74) is -1.44. The minimum Gasteiger partial charge on any atom is -0.508 e. The van der Waals surface area contributed by atoms with E-state index in [4.69, 9.17) is 27.9 Å². The topological polar surface area (TPSA) is 121 Å². The number of Topliss-reactive ketones (excluding diaryl/α,β-unsaturated/α-hetero) is 1. The summed E-state index contributed by atoms with van der Waals surface area (Å²) in [5, 5.41) is 11.2. The third-order valence-corrected chi connectivity index (χ3v) is 11.7. The van der Waals surface area contributed by atoms with Gasteiger partial charge in [0.05, 0.1) is 24.6 Å². The van der Waals surface area contributed by atoms with Gasteiger partial charge in [0.1, 0.15) is 17.2 Å². The van der Waals surface area contributed by atoms with E-state index in [1.807, 2.05) is 0 Å². The van der Waals surface area contributed by atoms with E-state index < -0.39 is 104 Å². The number of carbonyl (C=O) groups excluding carboxylic acids is 5. The maximum Gasteiger partial charge on any atom is 0.258 e. The number of hydrogen-bond acceptors (Lipinski definition) is 7. The molecule has 0 radical (unpaired) electrons. The van der Waals surface area contributed by atoms with E-state index in [0.29, 0.717) is 5.56 Å². The van der Waals surface area contributed by atoms with Gasteiger partial charge >= 0.3 is 0 Å². The van der Waals surface area contributed by atoms with E-state index in [1.165, 1.54) is 56.5 Å². The lowest BCUT2D eigenvalue weighted by molar-refractivity contribution is -0.125. The number of imide groups is 2. The van der Waals surface area contributed by atoms with Crippen LogP contribution in [0, 0.1) is 46.8 Å². The summed E-state index contributed by atoms with van der Waals surface area (Å²) in [6, 6.07) is 9.45. The Kier molecular flexibility index (Phi) is 7.88. The average molecular weight is 749 g/mol. The molecule has 1 saturated carbocycles. The predicted molar refractivity (Wildman–Crippen MR) is 170 cm³/mol. The van der Waals surface area contributed by atoms with Gasteiger partial charge in [0.2, 0.25) is 17.6 Å². The van der Waals surface area contributed by atoms with Gasteiger partial charge in [-0.15, -0.1) is 23.2 Å². The van der Waals surface area contributed by atoms with Gasteiger partial charge in [0, 0.05) is 23.1 Å². The van der Waals surface area contributed by atoms with Crippen LogP contribution in [0.3, 0.4) is 0 Å². The standard InChI is InChI=1S/C35H23Cl2F5N2O7/c1-13(45)14-3-5-15(6-4-14)43-30(47)19-10-9-17-20(22(19)31(43)48)12-34(36)32(49)44(29-27(41)25(39)24(38)26(40)28(29)42)33(50)35(34,37)23(17)18-8-7-16(51-2)11-21(18)46/h3-9,11,19-20,22-23,46H,10,12H2,1-2H3. The predicted octanol–water partition coefficient (Wildman–Crippen LogP) is 6.07. The van der Waals surface area contributed by atoms with Gasteiger partial charge in [-0.05, 0) is 56.0 Å². The maximum absolute atomic E-state index is 15.2. The number of phenols is 1. The molecule has 2 heterocycles. The molecule has 6 atom stereocenters. The quantitative estimate of drug-likeness (QED) is 0.0640. The second kappa shape index (κ2) is 11.6. The molecule has 4 amide bonds. The molecule has 51 heavy (non-hydrogen) atoms. The molecule has 2 aliphatic heterocycles. The number of halogens is 7. The van der Waals surface area contributed by atoms with Crippen molar-refractivity contribution >= 4 is 64.0 Å². The molecule has 0 aromatic heterocycles. The molecule has 7 rings (SSSR count). The van der Waals surface area contributed by atoms with Gasteiger partial charge in [-0.1, -0.05) is 17.7 Å². The largest absolute Gasteiger partial charge is 0.508 e. The fourth-order valence-electron chi connectivity index (χ4n) is 7.91. The Bertz CT molecular complexity index is 2140. The molecule has 16 heteroatoms. The smallest absolute Gasteiger partial charge is 0.258 e. The van der Waals surface area contributed by atoms with Crippen molar-refractivity contribution in [2.75, 3.05) is 16.9 Å². The molecule has 2 aliphatic carbocycles. The highest BCUT2D eigenvalue weighted by atomic mass is 35.5. The first-order chi connectivity index (χ1) is 24.0. The number of fused-ring (bicyclic) bond motifs is 4. The Morgan fingerprint density at radius 3 is 2.02 bits per heavy atom. The van der Waals surface area contributed by atoms with Crippen molar-refractivity contribution in [2.24, 2.45) is 17.8 Å². The van der Waals surface area contributed by atoms with E-state index in [-0.39, 0.29) is 39.7 Å². The lowest BCUT2D eigenvalue weighted by Crippen LogP contribution is -2.60. The number of nitrogens with zero attached hydrogens (tertiary/aromatic N) is 2. The molecule has 4 aliphatic rings. The van der Waals surface area contributed by atoms with Crippen LogP contribution in [-0.2, 0) is 19.2 Å². The number of aromatic hydroxyl groups is 1. The van der Waals surface area contributed by atoms with Crippen molar-refractivity contribution in [3.05, 3.63) is 94.3 Å². The number of alkyl halides is 2. The summed E-state index contributed by atoms with van der Waals surface area (Å²) in [7, 11) is 1.30. The number of rotatable bonds is 5. The van der Waals surface area contributed by atoms with Crippen molar-refractivity contribution < 1.29 is 55.8 Å². The molecule has 1 N–H and O–H groups in total. The summed E-state index contributed by atoms with van der Waals surface area (Å²) >= 11 is 14.2. The van der Waals surface area contributed by atoms with E-state index in [0.717, 1.165) is 11.0 Å². The molecule has 3 fully saturated rings. The average Bonchev–Trinajstić information content (AvgIpc) is 3.44. The van der Waals surface area contributed by atoms with Crippen molar-refractivity contribution in [2.45, 2.75) is 35.4 Å². The number of phenolic OH excluding ortho intramolecular Hbond substituents is 1. The Morgan fingerprint density at radius 1 is 0.843 bits per heavy atom. The number of methoxy groups -OCH3 is 1. The summed E-state index contributed by atoms with van der Waals surface area (Å²) in [6.45, 7) is 1.34. The minimum atomic E-state index is -2.79. The second-order valence-electron chi connectivity index (χ2n) is 12.7. The molecule has 3 aromatic carbocycles. The van der Waals surface area contributed by atoms with Crippen molar-refractivity contribution in [1.82, 2.24) is 0 Å². The molecule has 6 unspecified atom stereocenters. The fourth-order valence-corrected chi connectivity index (χ4v) is 8.83. The number of ether oxygens (including phenoxy) is 1. The summed E-state index contributed by atoms with van der Waals surface area (Å²) in [6.07, 6.45) is 0.709. The number of carbonyl (C=O) groups is 5. The number of allylic oxidation sites excluding steroid dienone is 2. The molecule has 9 nitrogen and oxygen atoms in total. The molecular weight excluding hydrogens is 726 g/mol. The maximum atomic E-state index is 15.2. The molecule has 264 valence electrons. The van der Waals surface area contributed by atoms with E-state index >= 15 is 8.78 Å².